The lowest BCUT2D eigenvalue weighted by Gasteiger charge is -2.15. The second kappa shape index (κ2) is 5.02. The molecule has 0 bridgehead atoms. The van der Waals surface area contributed by atoms with Crippen LogP contribution in [0.15, 0.2) is 48.8 Å². The van der Waals surface area contributed by atoms with Crippen molar-refractivity contribution in [2.75, 3.05) is 0 Å². The number of fused-ring (bicyclic) bond motifs is 1. The Morgan fingerprint density at radius 1 is 1.05 bits per heavy atom. The minimum absolute atomic E-state index is 0.135. The highest BCUT2D eigenvalue weighted by molar-refractivity contribution is 5.79. The van der Waals surface area contributed by atoms with Crippen molar-refractivity contribution < 1.29 is 0 Å². The van der Waals surface area contributed by atoms with E-state index in [-0.39, 0.29) is 6.04 Å². The third-order valence-corrected chi connectivity index (χ3v) is 3.61. The van der Waals surface area contributed by atoms with Gasteiger partial charge in [-0.1, -0.05) is 12.1 Å². The fourth-order valence-corrected chi connectivity index (χ4v) is 2.45. The molecule has 3 nitrogen and oxygen atoms in total. The van der Waals surface area contributed by atoms with Crippen molar-refractivity contribution in [3.8, 4) is 0 Å². The fraction of sp³-hybridized carbons (Fsp3) is 0.176. The zero-order valence-corrected chi connectivity index (χ0v) is 11.7. The summed E-state index contributed by atoms with van der Waals surface area (Å²) in [4.78, 5) is 8.63. The topological polar surface area (TPSA) is 51.8 Å². The van der Waals surface area contributed by atoms with E-state index >= 15 is 0 Å². The number of aromatic nitrogens is 2. The first kappa shape index (κ1) is 12.8. The Labute approximate surface area is 118 Å². The molecule has 2 heterocycles. The quantitative estimate of drug-likeness (QED) is 0.771. The molecule has 2 N–H and O–H groups in total. The molecule has 1 aromatic carbocycles. The minimum Gasteiger partial charge on any atom is -0.320 e. The SMILES string of the molecule is Cc1ccc2cc(C(N)c3ccncc3C)ccc2n1. The van der Waals surface area contributed by atoms with E-state index in [9.17, 15) is 0 Å². The molecule has 0 aliphatic heterocycles. The van der Waals surface area contributed by atoms with Crippen LogP contribution in [0.3, 0.4) is 0 Å². The summed E-state index contributed by atoms with van der Waals surface area (Å²) in [7, 11) is 0. The molecule has 0 radical (unpaired) electrons. The van der Waals surface area contributed by atoms with Crippen molar-refractivity contribution in [2.24, 2.45) is 5.73 Å². The van der Waals surface area contributed by atoms with Crippen molar-refractivity contribution in [1.29, 1.82) is 0 Å². The van der Waals surface area contributed by atoms with Crippen molar-refractivity contribution in [3.05, 3.63) is 71.2 Å². The van der Waals surface area contributed by atoms with Gasteiger partial charge >= 0.3 is 0 Å². The number of nitrogens with zero attached hydrogens (tertiary/aromatic N) is 2. The Hall–Kier alpha value is -2.26. The molecule has 3 rings (SSSR count). The van der Waals surface area contributed by atoms with Crippen molar-refractivity contribution in [3.63, 3.8) is 0 Å². The maximum absolute atomic E-state index is 6.39. The van der Waals surface area contributed by atoms with Crippen LogP contribution in [0.2, 0.25) is 0 Å². The van der Waals surface area contributed by atoms with Gasteiger partial charge in [-0.05, 0) is 54.8 Å². The van der Waals surface area contributed by atoms with Crippen molar-refractivity contribution in [1.82, 2.24) is 9.97 Å². The highest BCUT2D eigenvalue weighted by Crippen LogP contribution is 2.24. The van der Waals surface area contributed by atoms with Gasteiger partial charge in [-0.25, -0.2) is 0 Å². The molecule has 2 aromatic heterocycles. The molecule has 20 heavy (non-hydrogen) atoms. The Bertz CT molecular complexity index is 765. The van der Waals surface area contributed by atoms with Crippen LogP contribution in [0.5, 0.6) is 0 Å². The van der Waals surface area contributed by atoms with Gasteiger partial charge in [0, 0.05) is 23.5 Å². The summed E-state index contributed by atoms with van der Waals surface area (Å²) in [5.74, 6) is 0. The molecule has 0 aliphatic rings. The minimum atomic E-state index is -0.135. The number of nitrogens with two attached hydrogens (primary N) is 1. The van der Waals surface area contributed by atoms with E-state index in [1.54, 1.807) is 6.20 Å². The Balaban J connectivity index is 2.06. The van der Waals surface area contributed by atoms with E-state index in [1.807, 2.05) is 38.2 Å². The first-order valence-electron chi connectivity index (χ1n) is 6.68. The molecule has 0 fully saturated rings. The lowest BCUT2D eigenvalue weighted by atomic mass is 9.96. The second-order valence-corrected chi connectivity index (χ2v) is 5.11. The molecule has 3 aromatic rings. The largest absolute Gasteiger partial charge is 0.320 e. The molecule has 100 valence electrons. The van der Waals surface area contributed by atoms with E-state index < -0.39 is 0 Å². The van der Waals surface area contributed by atoms with E-state index in [0.29, 0.717) is 0 Å². The maximum atomic E-state index is 6.39. The average Bonchev–Trinajstić information content (AvgIpc) is 2.46. The fourth-order valence-electron chi connectivity index (χ4n) is 2.45. The Morgan fingerprint density at radius 2 is 1.90 bits per heavy atom. The second-order valence-electron chi connectivity index (χ2n) is 5.11. The highest BCUT2D eigenvalue weighted by Gasteiger charge is 2.12. The summed E-state index contributed by atoms with van der Waals surface area (Å²) < 4.78 is 0. The first-order chi connectivity index (χ1) is 9.65. The molecule has 3 heteroatoms. The Morgan fingerprint density at radius 3 is 2.70 bits per heavy atom. The standard InChI is InChI=1S/C17H17N3/c1-11-10-19-8-7-15(11)17(18)14-5-6-16-13(9-14)4-3-12(2)20-16/h3-10,17H,18H2,1-2H3. The van der Waals surface area contributed by atoms with Crippen molar-refractivity contribution >= 4 is 10.9 Å². The predicted molar refractivity (Wildman–Crippen MR) is 81.5 cm³/mol. The van der Waals surface area contributed by atoms with Crippen LogP contribution < -0.4 is 5.73 Å². The number of benzene rings is 1. The normalized spacial score (nSPS) is 12.6. The summed E-state index contributed by atoms with van der Waals surface area (Å²) >= 11 is 0. The van der Waals surface area contributed by atoms with Gasteiger partial charge in [0.05, 0.1) is 11.6 Å². The van der Waals surface area contributed by atoms with Gasteiger partial charge in [-0.2, -0.15) is 0 Å². The van der Waals surface area contributed by atoms with Gasteiger partial charge < -0.3 is 5.73 Å². The zero-order chi connectivity index (χ0) is 14.1. The van der Waals surface area contributed by atoms with E-state index in [0.717, 1.165) is 33.3 Å². The summed E-state index contributed by atoms with van der Waals surface area (Å²) in [5, 5.41) is 1.12. The molecule has 0 amide bonds. The highest BCUT2D eigenvalue weighted by atomic mass is 14.7. The van der Waals surface area contributed by atoms with E-state index in [1.165, 1.54) is 0 Å². The molecular formula is C17H17N3. The summed E-state index contributed by atoms with van der Waals surface area (Å²) in [6, 6.07) is 12.2. The monoisotopic (exact) mass is 263 g/mol. The summed E-state index contributed by atoms with van der Waals surface area (Å²) in [6.07, 6.45) is 3.63. The molecule has 0 aliphatic carbocycles. The molecule has 1 unspecified atom stereocenters. The number of hydrogen-bond donors (Lipinski definition) is 1. The van der Waals surface area contributed by atoms with Crippen LogP contribution >= 0.6 is 0 Å². The summed E-state index contributed by atoms with van der Waals surface area (Å²) in [5.41, 5.74) is 11.7. The van der Waals surface area contributed by atoms with E-state index in [4.69, 9.17) is 5.73 Å². The van der Waals surface area contributed by atoms with Gasteiger partial charge in [0.2, 0.25) is 0 Å². The van der Waals surface area contributed by atoms with E-state index in [2.05, 4.69) is 28.2 Å². The van der Waals surface area contributed by atoms with Gasteiger partial charge in [0.1, 0.15) is 0 Å². The Kier molecular flexibility index (Phi) is 3.20. The lowest BCUT2D eigenvalue weighted by Crippen LogP contribution is -2.13. The van der Waals surface area contributed by atoms with Gasteiger partial charge in [-0.15, -0.1) is 0 Å². The summed E-state index contributed by atoms with van der Waals surface area (Å²) in [6.45, 7) is 4.04. The molecule has 1 atom stereocenters. The van der Waals surface area contributed by atoms with Crippen molar-refractivity contribution in [2.45, 2.75) is 19.9 Å². The number of rotatable bonds is 2. The van der Waals surface area contributed by atoms with Gasteiger partial charge in [0.25, 0.3) is 0 Å². The molecule has 0 spiro atoms. The molecular weight excluding hydrogens is 246 g/mol. The van der Waals surface area contributed by atoms with Gasteiger partial charge in [0.15, 0.2) is 0 Å². The van der Waals surface area contributed by atoms with Crippen LogP contribution in [0.25, 0.3) is 10.9 Å². The van der Waals surface area contributed by atoms with Crippen LogP contribution in [0.4, 0.5) is 0 Å². The smallest absolute Gasteiger partial charge is 0.0705 e. The lowest BCUT2D eigenvalue weighted by molar-refractivity contribution is 0.858. The van der Waals surface area contributed by atoms with Crippen LogP contribution in [0.1, 0.15) is 28.4 Å². The molecule has 0 saturated heterocycles. The first-order valence-corrected chi connectivity index (χ1v) is 6.68. The predicted octanol–water partition coefficient (Wildman–Crippen LogP) is 3.29. The van der Waals surface area contributed by atoms with Gasteiger partial charge in [-0.3, -0.25) is 9.97 Å². The third kappa shape index (κ3) is 2.28. The average molecular weight is 263 g/mol. The van der Waals surface area contributed by atoms with Crippen LogP contribution in [0, 0.1) is 13.8 Å². The van der Waals surface area contributed by atoms with Crippen LogP contribution in [-0.2, 0) is 0 Å². The number of aryl methyl sites for hydroxylation is 2. The zero-order valence-electron chi connectivity index (χ0n) is 11.7. The number of hydrogen-bond acceptors (Lipinski definition) is 3. The molecule has 0 saturated carbocycles. The van der Waals surface area contributed by atoms with Crippen LogP contribution in [-0.4, -0.2) is 9.97 Å². The maximum Gasteiger partial charge on any atom is 0.0705 e. The third-order valence-electron chi connectivity index (χ3n) is 3.61. The number of pyridine rings is 2.